The molecule has 178 valence electrons. The van der Waals surface area contributed by atoms with Gasteiger partial charge in [0.1, 0.15) is 11.9 Å². The number of fused-ring (bicyclic) bond motifs is 1. The molecule has 1 aromatic carbocycles. The molecule has 10 heteroatoms. The molecule has 1 aromatic rings. The average molecular weight is 461 g/mol. The van der Waals surface area contributed by atoms with Crippen molar-refractivity contribution in [1.82, 2.24) is 10.2 Å². The van der Waals surface area contributed by atoms with Crippen LogP contribution in [0.3, 0.4) is 0 Å². The molecule has 3 amide bonds. The quantitative estimate of drug-likeness (QED) is 0.716. The maximum absolute atomic E-state index is 15.0. The Morgan fingerprint density at radius 3 is 2.55 bits per heavy atom. The van der Waals surface area contributed by atoms with E-state index in [-0.39, 0.29) is 55.1 Å². The minimum absolute atomic E-state index is 0.0660. The molecule has 4 fully saturated rings. The molecule has 1 unspecified atom stereocenters. The van der Waals surface area contributed by atoms with Gasteiger partial charge in [-0.3, -0.25) is 14.5 Å². The number of nitrogens with one attached hydrogen (secondary N) is 1. The van der Waals surface area contributed by atoms with Crippen LogP contribution in [0.15, 0.2) is 18.2 Å². The molecule has 0 spiro atoms. The number of rotatable bonds is 5. The molecular formula is C23H28FN3O6. The number of carbonyl (C=O) groups excluding carboxylic acids is 3. The van der Waals surface area contributed by atoms with Gasteiger partial charge in [0.15, 0.2) is 11.9 Å². The van der Waals surface area contributed by atoms with Crippen molar-refractivity contribution in [2.24, 2.45) is 11.8 Å². The van der Waals surface area contributed by atoms with Crippen molar-refractivity contribution in [1.29, 1.82) is 0 Å². The second kappa shape index (κ2) is 7.95. The lowest BCUT2D eigenvalue weighted by molar-refractivity contribution is -0.159. The highest BCUT2D eigenvalue weighted by Gasteiger charge is 2.58. The molecule has 9 nitrogen and oxygen atoms in total. The van der Waals surface area contributed by atoms with E-state index in [4.69, 9.17) is 14.2 Å². The van der Waals surface area contributed by atoms with Crippen LogP contribution in [0.25, 0.3) is 0 Å². The lowest BCUT2D eigenvalue weighted by Gasteiger charge is -2.24. The van der Waals surface area contributed by atoms with Gasteiger partial charge in [-0.2, -0.15) is 0 Å². The highest BCUT2D eigenvalue weighted by Crippen LogP contribution is 2.59. The zero-order chi connectivity index (χ0) is 23.5. The molecule has 3 heterocycles. The van der Waals surface area contributed by atoms with Gasteiger partial charge in [-0.15, -0.1) is 0 Å². The topological polar surface area (TPSA) is 97.4 Å². The second-order valence-electron chi connectivity index (χ2n) is 9.67. The fourth-order valence-electron chi connectivity index (χ4n) is 5.23. The minimum atomic E-state index is -0.748. The number of hydrogen-bond acceptors (Lipinski definition) is 6. The third kappa shape index (κ3) is 4.17. The molecule has 1 aliphatic carbocycles. The Hall–Kier alpha value is -2.72. The largest absolute Gasteiger partial charge is 0.442 e. The number of anilines is 1. The Morgan fingerprint density at radius 1 is 1.21 bits per heavy atom. The molecule has 4 aliphatic rings. The Kier molecular flexibility index (Phi) is 5.32. The van der Waals surface area contributed by atoms with Gasteiger partial charge in [-0.05, 0) is 49.3 Å². The van der Waals surface area contributed by atoms with Crippen molar-refractivity contribution in [3.63, 3.8) is 0 Å². The third-order valence-corrected chi connectivity index (χ3v) is 6.90. The van der Waals surface area contributed by atoms with Gasteiger partial charge in [0.05, 0.1) is 25.4 Å². The Bertz CT molecular complexity index is 988. The maximum Gasteiger partial charge on any atom is 0.414 e. The predicted octanol–water partition coefficient (Wildman–Crippen LogP) is 1.61. The number of cyclic esters (lactones) is 1. The first-order chi connectivity index (χ1) is 15.6. The SMILES string of the molecule is CC(=O)NC[C@H]1CN(c2ccc(C3[C@H]4CN(C(=O)[C@@H]5COC(C)(C)O5)C[C@@H]34)c(F)c2)C(=O)O1. The monoisotopic (exact) mass is 461 g/mol. The number of likely N-dealkylation sites (tertiary alicyclic amines) is 1. The van der Waals surface area contributed by atoms with Crippen LogP contribution in [0, 0.1) is 17.7 Å². The highest BCUT2D eigenvalue weighted by atomic mass is 19.1. The summed E-state index contributed by atoms with van der Waals surface area (Å²) < 4.78 is 31.4. The molecule has 5 rings (SSSR count). The van der Waals surface area contributed by atoms with E-state index in [1.165, 1.54) is 17.9 Å². The van der Waals surface area contributed by atoms with Gasteiger partial charge in [0.2, 0.25) is 5.91 Å². The fourth-order valence-corrected chi connectivity index (χ4v) is 5.23. The van der Waals surface area contributed by atoms with E-state index < -0.39 is 24.1 Å². The Labute approximate surface area is 191 Å². The van der Waals surface area contributed by atoms with Crippen molar-refractivity contribution in [3.8, 4) is 0 Å². The average Bonchev–Trinajstić information content (AvgIpc) is 3.11. The van der Waals surface area contributed by atoms with Gasteiger partial charge in [0.25, 0.3) is 5.91 Å². The summed E-state index contributed by atoms with van der Waals surface area (Å²) in [5, 5.41) is 2.62. The molecule has 0 radical (unpaired) electrons. The molecule has 0 bridgehead atoms. The summed E-state index contributed by atoms with van der Waals surface area (Å²) in [6.45, 7) is 6.84. The van der Waals surface area contributed by atoms with Crippen LogP contribution in [0.5, 0.6) is 0 Å². The van der Waals surface area contributed by atoms with Crippen molar-refractivity contribution in [3.05, 3.63) is 29.6 Å². The van der Waals surface area contributed by atoms with Crippen LogP contribution in [-0.2, 0) is 23.8 Å². The molecular weight excluding hydrogens is 433 g/mol. The van der Waals surface area contributed by atoms with Gasteiger partial charge >= 0.3 is 6.09 Å². The van der Waals surface area contributed by atoms with Gasteiger partial charge in [0, 0.05) is 20.0 Å². The van der Waals surface area contributed by atoms with E-state index in [1.54, 1.807) is 30.9 Å². The molecule has 1 N–H and O–H groups in total. The first-order valence-electron chi connectivity index (χ1n) is 11.3. The van der Waals surface area contributed by atoms with E-state index in [2.05, 4.69) is 5.32 Å². The van der Waals surface area contributed by atoms with Crippen molar-refractivity contribution in [2.45, 2.75) is 44.7 Å². The smallest absolute Gasteiger partial charge is 0.414 e. The normalized spacial score (nSPS) is 32.0. The van der Waals surface area contributed by atoms with Gasteiger partial charge < -0.3 is 24.4 Å². The van der Waals surface area contributed by atoms with Crippen molar-refractivity contribution in [2.75, 3.05) is 37.7 Å². The molecule has 0 aromatic heterocycles. The lowest BCUT2D eigenvalue weighted by Crippen LogP contribution is -2.41. The zero-order valence-electron chi connectivity index (χ0n) is 18.9. The number of benzene rings is 1. The summed E-state index contributed by atoms with van der Waals surface area (Å²) in [6, 6.07) is 4.81. The molecule has 5 atom stereocenters. The first kappa shape index (κ1) is 22.1. The molecule has 3 saturated heterocycles. The van der Waals surface area contributed by atoms with Crippen LogP contribution >= 0.6 is 0 Å². The van der Waals surface area contributed by atoms with E-state index >= 15 is 4.39 Å². The lowest BCUT2D eigenvalue weighted by atomic mass is 10.0. The first-order valence-corrected chi connectivity index (χ1v) is 11.3. The predicted molar refractivity (Wildman–Crippen MR) is 114 cm³/mol. The number of ether oxygens (including phenoxy) is 3. The molecule has 1 saturated carbocycles. The Balaban J connectivity index is 1.19. The van der Waals surface area contributed by atoms with E-state index in [9.17, 15) is 14.4 Å². The molecule has 3 aliphatic heterocycles. The summed E-state index contributed by atoms with van der Waals surface area (Å²) >= 11 is 0. The number of carbonyl (C=O) groups is 3. The van der Waals surface area contributed by atoms with Gasteiger partial charge in [-0.1, -0.05) is 6.07 Å². The van der Waals surface area contributed by atoms with Crippen LogP contribution < -0.4 is 10.2 Å². The van der Waals surface area contributed by atoms with Gasteiger partial charge in [-0.25, -0.2) is 9.18 Å². The van der Waals surface area contributed by atoms with Crippen LogP contribution in [0.4, 0.5) is 14.9 Å². The standard InChI is InChI=1S/C23H28FN3O6/c1-12(28)25-7-14-8-27(22(30)32-14)13-4-5-15(18(24)6-13)20-16-9-26(10-17(16)20)21(29)19-11-31-23(2,3)33-19/h4-6,14,16-17,19-20H,7-11H2,1-3H3,(H,25,28)/t14-,16-,17+,19-,20?/m0/s1. The van der Waals surface area contributed by atoms with Crippen molar-refractivity contribution < 1.29 is 33.0 Å². The van der Waals surface area contributed by atoms with Crippen LogP contribution in [-0.4, -0.2) is 73.6 Å². The third-order valence-electron chi connectivity index (χ3n) is 6.90. The summed E-state index contributed by atoms with van der Waals surface area (Å²) in [5.41, 5.74) is 1.04. The van der Waals surface area contributed by atoms with Crippen LogP contribution in [0.1, 0.15) is 32.3 Å². The van der Waals surface area contributed by atoms with Crippen molar-refractivity contribution >= 4 is 23.6 Å². The molecule has 33 heavy (non-hydrogen) atoms. The number of amides is 3. The van der Waals surface area contributed by atoms with E-state index in [0.717, 1.165) is 0 Å². The number of halogens is 1. The summed E-state index contributed by atoms with van der Waals surface area (Å²) in [5.74, 6) is -0.864. The minimum Gasteiger partial charge on any atom is -0.442 e. The zero-order valence-corrected chi connectivity index (χ0v) is 18.9. The summed E-state index contributed by atoms with van der Waals surface area (Å²) in [6.07, 6.45) is -1.62. The summed E-state index contributed by atoms with van der Waals surface area (Å²) in [4.78, 5) is 39.1. The maximum atomic E-state index is 15.0. The van der Waals surface area contributed by atoms with Crippen LogP contribution in [0.2, 0.25) is 0 Å². The number of nitrogens with zero attached hydrogens (tertiary/aromatic N) is 2. The van der Waals surface area contributed by atoms with E-state index in [0.29, 0.717) is 24.3 Å². The summed E-state index contributed by atoms with van der Waals surface area (Å²) in [7, 11) is 0. The van der Waals surface area contributed by atoms with E-state index in [1.807, 2.05) is 0 Å². The Morgan fingerprint density at radius 2 is 1.94 bits per heavy atom. The fraction of sp³-hybridized carbons (Fsp3) is 0.609. The number of piperidine rings is 1. The number of hydrogen-bond donors (Lipinski definition) is 1. The second-order valence-corrected chi connectivity index (χ2v) is 9.67. The highest BCUT2D eigenvalue weighted by molar-refractivity contribution is 5.90.